The van der Waals surface area contributed by atoms with E-state index >= 15 is 0 Å². The topological polar surface area (TPSA) is 38.0 Å². The first kappa shape index (κ1) is 12.6. The molecule has 0 aliphatic carbocycles. The maximum absolute atomic E-state index is 5.58. The molecule has 0 bridgehead atoms. The lowest BCUT2D eigenvalue weighted by Gasteiger charge is -2.12. The number of anilines is 2. The summed E-state index contributed by atoms with van der Waals surface area (Å²) in [4.78, 5) is 0.379. The Bertz CT molecular complexity index is 591. The molecule has 90 valence electrons. The second-order valence-electron chi connectivity index (χ2n) is 4.02. The van der Waals surface area contributed by atoms with Gasteiger partial charge in [-0.1, -0.05) is 30.4 Å². The van der Waals surface area contributed by atoms with Gasteiger partial charge in [0.2, 0.25) is 0 Å². The third kappa shape index (κ3) is 2.68. The van der Waals surface area contributed by atoms with Gasteiger partial charge in [-0.3, -0.25) is 0 Å². The molecule has 0 saturated heterocycles. The SMILES string of the molecule is [CH2]c1ccccc1Nc1ccc(C(N)=S)cc1[CH2]. The van der Waals surface area contributed by atoms with E-state index in [2.05, 4.69) is 19.2 Å². The molecule has 2 rings (SSSR count). The molecule has 2 radical (unpaired) electrons. The molecule has 18 heavy (non-hydrogen) atoms. The van der Waals surface area contributed by atoms with Gasteiger partial charge >= 0.3 is 0 Å². The van der Waals surface area contributed by atoms with Crippen LogP contribution in [0.1, 0.15) is 16.7 Å². The third-order valence-electron chi connectivity index (χ3n) is 2.68. The van der Waals surface area contributed by atoms with Crippen LogP contribution in [0, 0.1) is 13.8 Å². The lowest BCUT2D eigenvalue weighted by molar-refractivity contribution is 1.47. The van der Waals surface area contributed by atoms with Crippen molar-refractivity contribution in [3.63, 3.8) is 0 Å². The van der Waals surface area contributed by atoms with Gasteiger partial charge in [-0.15, -0.1) is 0 Å². The number of benzene rings is 2. The Morgan fingerprint density at radius 1 is 1.00 bits per heavy atom. The van der Waals surface area contributed by atoms with Crippen LogP contribution in [-0.4, -0.2) is 4.99 Å². The number of nitrogens with one attached hydrogen (secondary N) is 1. The molecule has 0 atom stereocenters. The van der Waals surface area contributed by atoms with Crippen molar-refractivity contribution >= 4 is 28.6 Å². The quantitative estimate of drug-likeness (QED) is 0.824. The highest BCUT2D eigenvalue weighted by molar-refractivity contribution is 7.80. The predicted molar refractivity (Wildman–Crippen MR) is 81.0 cm³/mol. The summed E-state index contributed by atoms with van der Waals surface area (Å²) in [6.07, 6.45) is 0. The van der Waals surface area contributed by atoms with Gasteiger partial charge in [-0.05, 0) is 49.2 Å². The summed E-state index contributed by atoms with van der Waals surface area (Å²) in [5.74, 6) is 0. The van der Waals surface area contributed by atoms with Gasteiger partial charge in [0.25, 0.3) is 0 Å². The minimum absolute atomic E-state index is 0.379. The van der Waals surface area contributed by atoms with Crippen molar-refractivity contribution in [1.29, 1.82) is 0 Å². The van der Waals surface area contributed by atoms with E-state index in [0.29, 0.717) is 4.99 Å². The van der Waals surface area contributed by atoms with Crippen molar-refractivity contribution in [2.75, 3.05) is 5.32 Å². The monoisotopic (exact) mass is 254 g/mol. The Labute approximate surface area is 113 Å². The van der Waals surface area contributed by atoms with Crippen LogP contribution in [0.15, 0.2) is 42.5 Å². The predicted octanol–water partition coefficient (Wildman–Crippen LogP) is 3.43. The molecule has 0 aliphatic rings. The third-order valence-corrected chi connectivity index (χ3v) is 2.91. The summed E-state index contributed by atoms with van der Waals surface area (Å²) in [5, 5.41) is 3.30. The van der Waals surface area contributed by atoms with Gasteiger partial charge in [-0.2, -0.15) is 0 Å². The Hall–Kier alpha value is -1.87. The van der Waals surface area contributed by atoms with Gasteiger partial charge in [0, 0.05) is 16.9 Å². The fraction of sp³-hybridized carbons (Fsp3) is 0. The highest BCUT2D eigenvalue weighted by Crippen LogP contribution is 2.23. The molecular formula is C15H14N2S. The van der Waals surface area contributed by atoms with Gasteiger partial charge in [0.1, 0.15) is 4.99 Å². The van der Waals surface area contributed by atoms with E-state index in [1.807, 2.05) is 42.5 Å². The first-order valence-corrected chi connectivity index (χ1v) is 5.92. The Morgan fingerprint density at radius 2 is 1.67 bits per heavy atom. The van der Waals surface area contributed by atoms with Crippen molar-refractivity contribution in [2.24, 2.45) is 5.73 Å². The van der Waals surface area contributed by atoms with Crippen LogP contribution in [0.4, 0.5) is 11.4 Å². The van der Waals surface area contributed by atoms with Crippen LogP contribution >= 0.6 is 12.2 Å². The minimum atomic E-state index is 0.379. The van der Waals surface area contributed by atoms with Crippen LogP contribution in [0.25, 0.3) is 0 Å². The molecule has 2 aromatic rings. The highest BCUT2D eigenvalue weighted by Gasteiger charge is 2.03. The van der Waals surface area contributed by atoms with E-state index < -0.39 is 0 Å². The highest BCUT2D eigenvalue weighted by atomic mass is 32.1. The van der Waals surface area contributed by atoms with Crippen molar-refractivity contribution in [3.8, 4) is 0 Å². The zero-order valence-electron chi connectivity index (χ0n) is 9.94. The molecule has 0 heterocycles. The van der Waals surface area contributed by atoms with E-state index in [4.69, 9.17) is 18.0 Å². The molecule has 0 unspecified atom stereocenters. The zero-order chi connectivity index (χ0) is 13.1. The van der Waals surface area contributed by atoms with Crippen molar-refractivity contribution < 1.29 is 0 Å². The van der Waals surface area contributed by atoms with E-state index in [0.717, 1.165) is 28.1 Å². The summed E-state index contributed by atoms with van der Waals surface area (Å²) in [5.41, 5.74) is 10.1. The minimum Gasteiger partial charge on any atom is -0.389 e. The fourth-order valence-corrected chi connectivity index (χ4v) is 1.78. The Balaban J connectivity index is 2.30. The zero-order valence-corrected chi connectivity index (χ0v) is 10.8. The first-order valence-electron chi connectivity index (χ1n) is 5.52. The standard InChI is InChI=1S/C15H14N2S/c1-10-5-3-4-6-13(10)17-14-8-7-12(15(16)18)9-11(14)2/h3-9,17H,1-2H2,(H2,16,18). The van der Waals surface area contributed by atoms with Crippen molar-refractivity contribution in [2.45, 2.75) is 0 Å². The molecular weight excluding hydrogens is 240 g/mol. The van der Waals surface area contributed by atoms with Crippen molar-refractivity contribution in [3.05, 3.63) is 73.0 Å². The Morgan fingerprint density at radius 3 is 2.28 bits per heavy atom. The van der Waals surface area contributed by atoms with Gasteiger partial charge in [0.15, 0.2) is 0 Å². The molecule has 0 aliphatic heterocycles. The lowest BCUT2D eigenvalue weighted by Crippen LogP contribution is -2.09. The maximum Gasteiger partial charge on any atom is 0.103 e. The largest absolute Gasteiger partial charge is 0.389 e. The fourth-order valence-electron chi connectivity index (χ4n) is 1.66. The normalized spacial score (nSPS) is 10.1. The van der Waals surface area contributed by atoms with E-state index in [1.54, 1.807) is 0 Å². The molecule has 0 spiro atoms. The molecule has 0 aromatic heterocycles. The van der Waals surface area contributed by atoms with Crippen LogP contribution in [0.2, 0.25) is 0 Å². The molecule has 0 amide bonds. The average molecular weight is 254 g/mol. The van der Waals surface area contributed by atoms with E-state index in [1.165, 1.54) is 0 Å². The van der Waals surface area contributed by atoms with Crippen LogP contribution in [0.5, 0.6) is 0 Å². The first-order chi connectivity index (χ1) is 8.58. The number of nitrogens with two attached hydrogens (primary N) is 1. The smallest absolute Gasteiger partial charge is 0.103 e. The Kier molecular flexibility index (Phi) is 3.63. The number of thiocarbonyl (C=S) groups is 1. The van der Waals surface area contributed by atoms with Crippen LogP contribution in [-0.2, 0) is 0 Å². The summed E-state index contributed by atoms with van der Waals surface area (Å²) in [6, 6.07) is 13.5. The van der Waals surface area contributed by atoms with Gasteiger partial charge < -0.3 is 11.1 Å². The molecule has 0 fully saturated rings. The number of para-hydroxylation sites is 1. The maximum atomic E-state index is 5.58. The number of hydrogen-bond acceptors (Lipinski definition) is 2. The van der Waals surface area contributed by atoms with Crippen molar-refractivity contribution in [1.82, 2.24) is 0 Å². The lowest BCUT2D eigenvalue weighted by atomic mass is 10.1. The number of rotatable bonds is 3. The van der Waals surface area contributed by atoms with E-state index in [9.17, 15) is 0 Å². The molecule has 3 N–H and O–H groups in total. The second kappa shape index (κ2) is 5.19. The average Bonchev–Trinajstić information content (AvgIpc) is 2.34. The van der Waals surface area contributed by atoms with Crippen LogP contribution in [0.3, 0.4) is 0 Å². The van der Waals surface area contributed by atoms with Gasteiger partial charge in [0.05, 0.1) is 0 Å². The molecule has 2 nitrogen and oxygen atoms in total. The second-order valence-corrected chi connectivity index (χ2v) is 4.46. The molecule has 0 saturated carbocycles. The molecule has 3 heteroatoms. The summed E-state index contributed by atoms with van der Waals surface area (Å²) in [7, 11) is 0. The number of hydrogen-bond donors (Lipinski definition) is 2. The van der Waals surface area contributed by atoms with Crippen LogP contribution < -0.4 is 11.1 Å². The van der Waals surface area contributed by atoms with Gasteiger partial charge in [-0.25, -0.2) is 0 Å². The summed E-state index contributed by atoms with van der Waals surface area (Å²) >= 11 is 4.94. The molecule has 2 aromatic carbocycles. The van der Waals surface area contributed by atoms with E-state index in [-0.39, 0.29) is 0 Å². The summed E-state index contributed by atoms with van der Waals surface area (Å²) < 4.78 is 0. The summed E-state index contributed by atoms with van der Waals surface area (Å²) in [6.45, 7) is 7.96.